The number of hydrogen-bond acceptors (Lipinski definition) is 3. The summed E-state index contributed by atoms with van der Waals surface area (Å²) in [6, 6.07) is 19.6. The van der Waals surface area contributed by atoms with Crippen LogP contribution in [0.1, 0.15) is 23.2 Å². The highest BCUT2D eigenvalue weighted by Gasteiger charge is 2.26. The molecule has 0 aliphatic rings. The lowest BCUT2D eigenvalue weighted by molar-refractivity contribution is -0.142. The Morgan fingerprint density at radius 1 is 0.880 bits per heavy atom. The lowest BCUT2D eigenvalue weighted by Gasteiger charge is -2.19. The molecule has 2 unspecified atom stereocenters. The van der Waals surface area contributed by atoms with Crippen LogP contribution in [0.15, 0.2) is 72.8 Å². The van der Waals surface area contributed by atoms with Crippen LogP contribution in [0, 0.1) is 0 Å². The number of nitrogens with two attached hydrogens (primary N) is 1. The number of benzene rings is 3. The average Bonchev–Trinajstić information content (AvgIpc) is 2.65. The molecule has 0 aromatic heterocycles. The molecule has 0 bridgehead atoms. The first-order valence-electron chi connectivity index (χ1n) is 7.89. The Morgan fingerprint density at radius 3 is 2.24 bits per heavy atom. The summed E-state index contributed by atoms with van der Waals surface area (Å²) in [4.78, 5) is 24.1. The summed E-state index contributed by atoms with van der Waals surface area (Å²) in [5.74, 6) is -1.67. The second-order valence-corrected chi connectivity index (χ2v) is 5.74. The van der Waals surface area contributed by atoms with E-state index in [2.05, 4.69) is 5.32 Å². The summed E-state index contributed by atoms with van der Waals surface area (Å²) in [5.41, 5.74) is 7.28. The molecule has 5 nitrogen and oxygen atoms in total. The molecule has 0 saturated carbocycles. The molecule has 3 aromatic carbocycles. The van der Waals surface area contributed by atoms with Gasteiger partial charge in [0.15, 0.2) is 6.04 Å². The van der Waals surface area contributed by atoms with E-state index < -0.39 is 24.0 Å². The van der Waals surface area contributed by atoms with E-state index in [-0.39, 0.29) is 0 Å². The van der Waals surface area contributed by atoms with Gasteiger partial charge in [0.25, 0.3) is 0 Å². The number of carboxylic acids is 1. The second-order valence-electron chi connectivity index (χ2n) is 5.74. The van der Waals surface area contributed by atoms with Gasteiger partial charge in [-0.1, -0.05) is 72.8 Å². The fraction of sp³-hybridized carbons (Fsp3) is 0.100. The third-order valence-corrected chi connectivity index (χ3v) is 4.11. The molecule has 3 aromatic rings. The van der Waals surface area contributed by atoms with Gasteiger partial charge in [0.1, 0.15) is 6.04 Å². The van der Waals surface area contributed by atoms with Gasteiger partial charge in [0.2, 0.25) is 5.91 Å². The highest BCUT2D eigenvalue weighted by molar-refractivity contribution is 5.94. The molecular formula is C20H18N2O3. The third kappa shape index (κ3) is 3.51. The Morgan fingerprint density at radius 2 is 1.52 bits per heavy atom. The van der Waals surface area contributed by atoms with Crippen LogP contribution in [0.5, 0.6) is 0 Å². The summed E-state index contributed by atoms with van der Waals surface area (Å²) in [6.45, 7) is 0. The molecule has 1 amide bonds. The molecule has 5 heteroatoms. The average molecular weight is 334 g/mol. The van der Waals surface area contributed by atoms with Crippen molar-refractivity contribution in [2.75, 3.05) is 0 Å². The van der Waals surface area contributed by atoms with Gasteiger partial charge in [-0.3, -0.25) is 4.79 Å². The molecular weight excluding hydrogens is 316 g/mol. The van der Waals surface area contributed by atoms with Gasteiger partial charge in [-0.15, -0.1) is 0 Å². The molecule has 0 radical (unpaired) electrons. The molecule has 4 N–H and O–H groups in total. The standard InChI is InChI=1S/C20H18N2O3/c21-17(16-12-6-10-13-7-4-5-11-15(13)16)19(23)22-18(20(24)25)14-8-2-1-3-9-14/h1-12,17-18H,21H2,(H,22,23)(H,24,25). The fourth-order valence-electron chi connectivity index (χ4n) is 2.83. The minimum atomic E-state index is -1.14. The van der Waals surface area contributed by atoms with E-state index in [9.17, 15) is 14.7 Å². The molecule has 0 fully saturated rings. The number of hydrogen-bond donors (Lipinski definition) is 3. The van der Waals surface area contributed by atoms with Crippen LogP contribution in [0.2, 0.25) is 0 Å². The number of carboxylic acid groups (broad SMARTS) is 1. The van der Waals surface area contributed by atoms with E-state index in [1.165, 1.54) is 0 Å². The van der Waals surface area contributed by atoms with Gasteiger partial charge in [0, 0.05) is 0 Å². The van der Waals surface area contributed by atoms with Crippen molar-refractivity contribution in [1.29, 1.82) is 0 Å². The summed E-state index contributed by atoms with van der Waals surface area (Å²) in [6.07, 6.45) is 0. The zero-order valence-corrected chi connectivity index (χ0v) is 13.4. The first kappa shape index (κ1) is 16.7. The van der Waals surface area contributed by atoms with Crippen molar-refractivity contribution < 1.29 is 14.7 Å². The third-order valence-electron chi connectivity index (χ3n) is 4.11. The number of rotatable bonds is 5. The maximum absolute atomic E-state index is 12.6. The van der Waals surface area contributed by atoms with Crippen molar-refractivity contribution in [3.05, 3.63) is 83.9 Å². The van der Waals surface area contributed by atoms with Crippen LogP contribution in [-0.2, 0) is 9.59 Å². The van der Waals surface area contributed by atoms with Gasteiger partial charge in [-0.25, -0.2) is 4.79 Å². The molecule has 0 spiro atoms. The van der Waals surface area contributed by atoms with Crippen molar-refractivity contribution in [2.45, 2.75) is 12.1 Å². The Hall–Kier alpha value is -3.18. The molecule has 0 heterocycles. The van der Waals surface area contributed by atoms with Crippen LogP contribution in [-0.4, -0.2) is 17.0 Å². The number of amides is 1. The van der Waals surface area contributed by atoms with Crippen molar-refractivity contribution in [1.82, 2.24) is 5.32 Å². The lowest BCUT2D eigenvalue weighted by atomic mass is 9.98. The highest BCUT2D eigenvalue weighted by atomic mass is 16.4. The topological polar surface area (TPSA) is 92.4 Å². The first-order valence-corrected chi connectivity index (χ1v) is 7.89. The van der Waals surface area contributed by atoms with E-state index >= 15 is 0 Å². The van der Waals surface area contributed by atoms with Crippen molar-refractivity contribution in [2.24, 2.45) is 5.73 Å². The quantitative estimate of drug-likeness (QED) is 0.669. The molecule has 126 valence electrons. The van der Waals surface area contributed by atoms with Crippen LogP contribution in [0.25, 0.3) is 10.8 Å². The molecule has 3 rings (SSSR count). The number of nitrogens with one attached hydrogen (secondary N) is 1. The zero-order chi connectivity index (χ0) is 17.8. The predicted octanol–water partition coefficient (Wildman–Crippen LogP) is 2.78. The molecule has 0 saturated heterocycles. The van der Waals surface area contributed by atoms with Crippen molar-refractivity contribution >= 4 is 22.6 Å². The number of carbonyl (C=O) groups is 2. The summed E-state index contributed by atoms with van der Waals surface area (Å²) < 4.78 is 0. The second kappa shape index (κ2) is 7.15. The van der Waals surface area contributed by atoms with Gasteiger partial charge >= 0.3 is 5.97 Å². The molecule has 0 aliphatic carbocycles. The number of aliphatic carboxylic acids is 1. The van der Waals surface area contributed by atoms with Gasteiger partial charge < -0.3 is 16.2 Å². The van der Waals surface area contributed by atoms with E-state index in [0.717, 1.165) is 10.8 Å². The zero-order valence-electron chi connectivity index (χ0n) is 13.4. The smallest absolute Gasteiger partial charge is 0.330 e. The van der Waals surface area contributed by atoms with E-state index in [1.807, 2.05) is 36.4 Å². The molecule has 0 aliphatic heterocycles. The maximum Gasteiger partial charge on any atom is 0.330 e. The van der Waals surface area contributed by atoms with Crippen molar-refractivity contribution in [3.63, 3.8) is 0 Å². The predicted molar refractivity (Wildman–Crippen MR) is 95.8 cm³/mol. The van der Waals surface area contributed by atoms with E-state index in [0.29, 0.717) is 11.1 Å². The van der Waals surface area contributed by atoms with Gasteiger partial charge in [-0.05, 0) is 21.9 Å². The van der Waals surface area contributed by atoms with E-state index in [4.69, 9.17) is 5.73 Å². The molecule has 2 atom stereocenters. The highest BCUT2D eigenvalue weighted by Crippen LogP contribution is 2.24. The normalized spacial score (nSPS) is 13.2. The van der Waals surface area contributed by atoms with Crippen molar-refractivity contribution in [3.8, 4) is 0 Å². The number of fused-ring (bicyclic) bond motifs is 1. The van der Waals surface area contributed by atoms with E-state index in [1.54, 1.807) is 36.4 Å². The Bertz CT molecular complexity index is 904. The maximum atomic E-state index is 12.6. The monoisotopic (exact) mass is 334 g/mol. The summed E-state index contributed by atoms with van der Waals surface area (Å²) in [7, 11) is 0. The Kier molecular flexibility index (Phi) is 4.77. The van der Waals surface area contributed by atoms with Crippen LogP contribution in [0.3, 0.4) is 0 Å². The minimum Gasteiger partial charge on any atom is -0.479 e. The van der Waals surface area contributed by atoms with Crippen LogP contribution >= 0.6 is 0 Å². The SMILES string of the molecule is NC(C(=O)NC(C(=O)O)c1ccccc1)c1cccc2ccccc12. The fourth-order valence-corrected chi connectivity index (χ4v) is 2.83. The minimum absolute atomic E-state index is 0.494. The Balaban J connectivity index is 1.88. The Labute approximate surface area is 145 Å². The largest absolute Gasteiger partial charge is 0.479 e. The van der Waals surface area contributed by atoms with Crippen LogP contribution < -0.4 is 11.1 Å². The lowest BCUT2D eigenvalue weighted by Crippen LogP contribution is -2.39. The van der Waals surface area contributed by atoms with Gasteiger partial charge in [-0.2, -0.15) is 0 Å². The summed E-state index contributed by atoms with van der Waals surface area (Å²) >= 11 is 0. The van der Waals surface area contributed by atoms with Gasteiger partial charge in [0.05, 0.1) is 0 Å². The molecule has 25 heavy (non-hydrogen) atoms. The van der Waals surface area contributed by atoms with Crippen LogP contribution in [0.4, 0.5) is 0 Å². The first-order chi connectivity index (χ1) is 12.1. The number of carbonyl (C=O) groups excluding carboxylic acids is 1. The summed E-state index contributed by atoms with van der Waals surface area (Å²) in [5, 5.41) is 13.8.